The molecule has 2 aliphatic rings. The Balaban J connectivity index is 1.57. The average Bonchev–Trinajstić information content (AvgIpc) is 2.96. The number of amides is 2. The lowest BCUT2D eigenvalue weighted by molar-refractivity contribution is -0.131. The molecule has 2 heterocycles. The first-order valence-electron chi connectivity index (χ1n) is 15.0. The van der Waals surface area contributed by atoms with Gasteiger partial charge in [0.2, 0.25) is 11.8 Å². The lowest BCUT2D eigenvalue weighted by atomic mass is 9.90. The molecule has 2 fully saturated rings. The Morgan fingerprint density at radius 2 is 1.26 bits per heavy atom. The minimum atomic E-state index is -4.24. The summed E-state index contributed by atoms with van der Waals surface area (Å²) in [6.07, 6.45) is 5.37. The van der Waals surface area contributed by atoms with Gasteiger partial charge in [-0.2, -0.15) is 0 Å². The van der Waals surface area contributed by atoms with Crippen molar-refractivity contribution in [3.8, 4) is 0 Å². The molecule has 9 nitrogen and oxygen atoms in total. The molecule has 43 heavy (non-hydrogen) atoms. The Labute approximate surface area is 260 Å². The maximum absolute atomic E-state index is 14.0. The largest absolute Gasteiger partial charge is 0.343 e. The van der Waals surface area contributed by atoms with E-state index in [1.54, 1.807) is 38.1 Å². The van der Waals surface area contributed by atoms with E-state index in [4.69, 9.17) is 10.7 Å². The molecule has 2 aromatic carbocycles. The molecule has 236 valence electrons. The van der Waals surface area contributed by atoms with Gasteiger partial charge in [0.05, 0.1) is 10.6 Å². The number of carbonyl (C=O) groups excluding carboxylic acids is 2. The summed E-state index contributed by atoms with van der Waals surface area (Å²) in [6.45, 7) is 7.89. The summed E-state index contributed by atoms with van der Waals surface area (Å²) in [5, 5.41) is 0. The molecule has 2 aliphatic heterocycles. The molecule has 0 saturated carbocycles. The third kappa shape index (κ3) is 8.30. The Kier molecular flexibility index (Phi) is 10.8. The fourth-order valence-electron chi connectivity index (χ4n) is 6.16. The van der Waals surface area contributed by atoms with E-state index in [0.29, 0.717) is 37.8 Å². The maximum atomic E-state index is 14.0. The molecular weight excluding hydrogens is 610 g/mol. The normalized spacial score (nSPS) is 17.2. The Hall–Kier alpha value is -2.63. The van der Waals surface area contributed by atoms with E-state index < -0.39 is 19.1 Å². The minimum absolute atomic E-state index is 0.0526. The van der Waals surface area contributed by atoms with Crippen molar-refractivity contribution in [2.24, 2.45) is 11.8 Å². The molecule has 4 rings (SSSR count). The number of nitrogens with zero attached hydrogens (tertiary/aromatic N) is 3. The van der Waals surface area contributed by atoms with Crippen LogP contribution in [-0.4, -0.2) is 71.2 Å². The van der Waals surface area contributed by atoms with Crippen molar-refractivity contribution in [3.63, 3.8) is 0 Å². The van der Waals surface area contributed by atoms with Crippen molar-refractivity contribution < 1.29 is 26.4 Å². The topological polar surface area (TPSA) is 112 Å². The van der Waals surface area contributed by atoms with Gasteiger partial charge < -0.3 is 9.80 Å². The zero-order chi connectivity index (χ0) is 31.4. The summed E-state index contributed by atoms with van der Waals surface area (Å²) in [7, 11) is -2.53. The number of sulfonamides is 1. The molecular formula is C31H42ClN3O6S2. The Morgan fingerprint density at radius 3 is 1.70 bits per heavy atom. The van der Waals surface area contributed by atoms with Crippen LogP contribution in [0.15, 0.2) is 52.3 Å². The van der Waals surface area contributed by atoms with Crippen LogP contribution in [0, 0.1) is 11.8 Å². The van der Waals surface area contributed by atoms with Crippen LogP contribution in [0.2, 0.25) is 0 Å². The van der Waals surface area contributed by atoms with Crippen molar-refractivity contribution in [1.82, 2.24) is 9.80 Å². The second-order valence-electron chi connectivity index (χ2n) is 11.8. The maximum Gasteiger partial charge on any atom is 0.264 e. The van der Waals surface area contributed by atoms with Crippen LogP contribution in [0.4, 0.5) is 5.69 Å². The average molecular weight is 652 g/mol. The van der Waals surface area contributed by atoms with Gasteiger partial charge in [-0.1, -0.05) is 25.1 Å². The van der Waals surface area contributed by atoms with Gasteiger partial charge in [0, 0.05) is 57.3 Å². The quantitative estimate of drug-likeness (QED) is 0.341. The van der Waals surface area contributed by atoms with Crippen LogP contribution < -0.4 is 4.31 Å². The number of hydrogen-bond acceptors (Lipinski definition) is 6. The van der Waals surface area contributed by atoms with Crippen molar-refractivity contribution >= 4 is 47.3 Å². The number of anilines is 1. The molecule has 2 saturated heterocycles. The van der Waals surface area contributed by atoms with Crippen LogP contribution in [0.25, 0.3) is 0 Å². The highest BCUT2D eigenvalue weighted by Crippen LogP contribution is 2.35. The number of rotatable bonds is 10. The van der Waals surface area contributed by atoms with Crippen LogP contribution in [0.1, 0.15) is 64.0 Å². The lowest BCUT2D eigenvalue weighted by Crippen LogP contribution is -2.37. The van der Waals surface area contributed by atoms with E-state index in [1.165, 1.54) is 6.07 Å². The number of halogens is 1. The second kappa shape index (κ2) is 14.0. The first kappa shape index (κ1) is 33.3. The van der Waals surface area contributed by atoms with Crippen molar-refractivity contribution in [2.45, 2.75) is 75.5 Å². The smallest absolute Gasteiger partial charge is 0.264 e. The molecule has 0 atom stereocenters. The minimum Gasteiger partial charge on any atom is -0.343 e. The van der Waals surface area contributed by atoms with E-state index in [1.807, 2.05) is 28.9 Å². The number of carbonyl (C=O) groups is 2. The van der Waals surface area contributed by atoms with E-state index in [-0.39, 0.29) is 33.8 Å². The van der Waals surface area contributed by atoms with Gasteiger partial charge in [-0.3, -0.25) is 13.9 Å². The number of piperidine rings is 2. The van der Waals surface area contributed by atoms with Crippen LogP contribution in [-0.2, 0) is 41.5 Å². The summed E-state index contributed by atoms with van der Waals surface area (Å²) in [5.74, 6) is 0.861. The van der Waals surface area contributed by atoms with Gasteiger partial charge in [0.15, 0.2) is 0 Å². The zero-order valence-corrected chi connectivity index (χ0v) is 27.6. The molecule has 0 aromatic heterocycles. The highest BCUT2D eigenvalue weighted by molar-refractivity contribution is 8.14. The predicted molar refractivity (Wildman–Crippen MR) is 168 cm³/mol. The molecule has 2 aromatic rings. The third-order valence-electron chi connectivity index (χ3n) is 8.66. The summed E-state index contributed by atoms with van der Waals surface area (Å²) in [5.41, 5.74) is 1.89. The molecule has 0 spiro atoms. The molecule has 0 bridgehead atoms. The van der Waals surface area contributed by atoms with E-state index in [0.717, 1.165) is 60.6 Å². The Morgan fingerprint density at radius 1 is 0.791 bits per heavy atom. The Bertz CT molecular complexity index is 1510. The van der Waals surface area contributed by atoms with Gasteiger partial charge in [-0.25, -0.2) is 16.8 Å². The third-order valence-corrected chi connectivity index (χ3v) is 11.9. The van der Waals surface area contributed by atoms with Gasteiger partial charge >= 0.3 is 0 Å². The van der Waals surface area contributed by atoms with Crippen LogP contribution in [0.3, 0.4) is 0 Å². The van der Waals surface area contributed by atoms with Gasteiger partial charge in [0.1, 0.15) is 4.90 Å². The van der Waals surface area contributed by atoms with Crippen molar-refractivity contribution in [3.05, 3.63) is 53.6 Å². The monoisotopic (exact) mass is 651 g/mol. The molecule has 12 heteroatoms. The second-order valence-corrected chi connectivity index (χ2v) is 16.2. The summed E-state index contributed by atoms with van der Waals surface area (Å²) in [6, 6.07) is 11.5. The standard InChI is InChI=1S/C31H42ClN3O6S2/c1-4-15-35(43(40,41)29-8-5-25(6-9-29)20-26-11-16-33(17-12-26)23(2)36)30-22-28(7-10-31(30)42(32,38)39)21-27-13-18-34(19-14-27)24(3)37/h5-10,22,26-27H,4,11-21H2,1-3H3. The summed E-state index contributed by atoms with van der Waals surface area (Å²) >= 11 is 0. The molecule has 0 radical (unpaired) electrons. The molecule has 0 N–H and O–H groups in total. The molecule has 2 amide bonds. The van der Waals surface area contributed by atoms with E-state index in [9.17, 15) is 26.4 Å². The van der Waals surface area contributed by atoms with Gasteiger partial charge in [-0.15, -0.1) is 0 Å². The van der Waals surface area contributed by atoms with Gasteiger partial charge in [0.25, 0.3) is 19.1 Å². The number of hydrogen-bond donors (Lipinski definition) is 0. The van der Waals surface area contributed by atoms with Gasteiger partial charge in [-0.05, 0) is 92.2 Å². The fraction of sp³-hybridized carbons (Fsp3) is 0.548. The SMILES string of the molecule is CCCN(c1cc(CC2CCN(C(C)=O)CC2)ccc1S(=O)(=O)Cl)S(=O)(=O)c1ccc(CC2CCN(C(C)=O)CC2)cc1. The predicted octanol–water partition coefficient (Wildman–Crippen LogP) is 4.82. The van der Waals surface area contributed by atoms with Crippen molar-refractivity contribution in [1.29, 1.82) is 0 Å². The first-order chi connectivity index (χ1) is 20.3. The van der Waals surface area contributed by atoms with Crippen molar-refractivity contribution in [2.75, 3.05) is 37.0 Å². The number of benzene rings is 2. The number of likely N-dealkylation sites (tertiary alicyclic amines) is 2. The van der Waals surface area contributed by atoms with Crippen LogP contribution >= 0.6 is 10.7 Å². The molecule has 0 unspecified atom stereocenters. The first-order valence-corrected chi connectivity index (χ1v) is 18.7. The fourth-order valence-corrected chi connectivity index (χ4v) is 8.83. The lowest BCUT2D eigenvalue weighted by Gasteiger charge is -2.32. The van der Waals surface area contributed by atoms with E-state index in [2.05, 4.69) is 0 Å². The highest BCUT2D eigenvalue weighted by atomic mass is 35.7. The zero-order valence-electron chi connectivity index (χ0n) is 25.2. The highest BCUT2D eigenvalue weighted by Gasteiger charge is 2.31. The summed E-state index contributed by atoms with van der Waals surface area (Å²) < 4.78 is 54.4. The van der Waals surface area contributed by atoms with E-state index >= 15 is 0 Å². The molecule has 0 aliphatic carbocycles. The van der Waals surface area contributed by atoms with Crippen LogP contribution in [0.5, 0.6) is 0 Å². The summed E-state index contributed by atoms with van der Waals surface area (Å²) in [4.78, 5) is 26.9.